The zero-order valence-corrected chi connectivity index (χ0v) is 15.6. The van der Waals surface area contributed by atoms with E-state index in [1.165, 1.54) is 0 Å². The molecule has 0 saturated heterocycles. The number of allylic oxidation sites excluding steroid dienone is 1. The van der Waals surface area contributed by atoms with E-state index < -0.39 is 0 Å². The van der Waals surface area contributed by atoms with Crippen LogP contribution < -0.4 is 0 Å². The average molecular weight is 378 g/mol. The minimum absolute atomic E-state index is 0.110. The molecule has 140 valence electrons. The van der Waals surface area contributed by atoms with Crippen molar-refractivity contribution in [2.24, 2.45) is 0 Å². The minimum atomic E-state index is 0.110. The predicted molar refractivity (Wildman–Crippen MR) is 116 cm³/mol. The highest BCUT2D eigenvalue weighted by molar-refractivity contribution is 6.11. The van der Waals surface area contributed by atoms with Crippen molar-refractivity contribution < 1.29 is 15.0 Å². The molecular formula is C26H18O3. The summed E-state index contributed by atoms with van der Waals surface area (Å²) in [7, 11) is 0. The van der Waals surface area contributed by atoms with E-state index >= 15 is 0 Å². The Kier molecular flexibility index (Phi) is 3.95. The molecule has 1 aliphatic rings. The molecule has 0 aromatic heterocycles. The first kappa shape index (κ1) is 17.3. The van der Waals surface area contributed by atoms with Crippen LogP contribution in [-0.2, 0) is 0 Å². The number of Topliss-reactive ketones (excluding diaryl/α,β-unsaturated/α-hetero) is 1. The monoisotopic (exact) mass is 378 g/mol. The van der Waals surface area contributed by atoms with Gasteiger partial charge in [-0.05, 0) is 46.2 Å². The highest BCUT2D eigenvalue weighted by Crippen LogP contribution is 2.44. The van der Waals surface area contributed by atoms with Gasteiger partial charge in [-0.15, -0.1) is 0 Å². The molecular weight excluding hydrogens is 360 g/mol. The number of ketones is 1. The lowest BCUT2D eigenvalue weighted by molar-refractivity contribution is 0.0994. The number of carbonyl (C=O) groups is 1. The van der Waals surface area contributed by atoms with Crippen LogP contribution in [0.4, 0.5) is 0 Å². The third-order valence-electron chi connectivity index (χ3n) is 5.46. The summed E-state index contributed by atoms with van der Waals surface area (Å²) in [6.07, 6.45) is 4.27. The number of phenols is 2. The van der Waals surface area contributed by atoms with Gasteiger partial charge in [-0.3, -0.25) is 4.79 Å². The van der Waals surface area contributed by atoms with Gasteiger partial charge in [-0.1, -0.05) is 60.7 Å². The molecule has 1 aliphatic carbocycles. The quantitative estimate of drug-likeness (QED) is 0.438. The largest absolute Gasteiger partial charge is 0.507 e. The summed E-state index contributed by atoms with van der Waals surface area (Å²) in [5.74, 6) is 0.454. The SMILES string of the molecule is O=C1CC=Cc2cc3c(-c4ccccc4O)c(-c4ccccc4O)ccc3cc21. The van der Waals surface area contributed by atoms with Gasteiger partial charge in [0.05, 0.1) is 0 Å². The number of aromatic hydroxyl groups is 2. The molecule has 0 radical (unpaired) electrons. The summed E-state index contributed by atoms with van der Waals surface area (Å²) < 4.78 is 0. The van der Waals surface area contributed by atoms with Crippen molar-refractivity contribution in [3.8, 4) is 33.8 Å². The van der Waals surface area contributed by atoms with Crippen LogP contribution in [0.2, 0.25) is 0 Å². The summed E-state index contributed by atoms with van der Waals surface area (Å²) in [6, 6.07) is 22.2. The molecule has 0 unspecified atom stereocenters. The van der Waals surface area contributed by atoms with E-state index in [4.69, 9.17) is 0 Å². The van der Waals surface area contributed by atoms with E-state index in [9.17, 15) is 15.0 Å². The smallest absolute Gasteiger partial charge is 0.167 e. The molecule has 3 heteroatoms. The van der Waals surface area contributed by atoms with Crippen molar-refractivity contribution in [3.05, 3.63) is 90.0 Å². The molecule has 0 heterocycles. The maximum absolute atomic E-state index is 12.3. The molecule has 2 N–H and O–H groups in total. The molecule has 0 amide bonds. The third-order valence-corrected chi connectivity index (χ3v) is 5.46. The number of fused-ring (bicyclic) bond motifs is 2. The fourth-order valence-corrected chi connectivity index (χ4v) is 4.07. The molecule has 0 atom stereocenters. The van der Waals surface area contributed by atoms with Crippen LogP contribution in [0.3, 0.4) is 0 Å². The fourth-order valence-electron chi connectivity index (χ4n) is 4.07. The van der Waals surface area contributed by atoms with Gasteiger partial charge in [-0.25, -0.2) is 0 Å². The van der Waals surface area contributed by atoms with Crippen molar-refractivity contribution in [1.29, 1.82) is 0 Å². The van der Waals surface area contributed by atoms with E-state index in [0.29, 0.717) is 17.5 Å². The van der Waals surface area contributed by atoms with Gasteiger partial charge >= 0.3 is 0 Å². The summed E-state index contributed by atoms with van der Waals surface area (Å²) in [5, 5.41) is 22.9. The summed E-state index contributed by atoms with van der Waals surface area (Å²) in [5.41, 5.74) is 4.62. The Labute approximate surface area is 168 Å². The van der Waals surface area contributed by atoms with Gasteiger partial charge < -0.3 is 10.2 Å². The van der Waals surface area contributed by atoms with Gasteiger partial charge in [0.1, 0.15) is 11.5 Å². The molecule has 5 rings (SSSR count). The number of benzene rings is 4. The molecule has 0 saturated carbocycles. The van der Waals surface area contributed by atoms with E-state index in [-0.39, 0.29) is 17.3 Å². The number of rotatable bonds is 2. The first-order chi connectivity index (χ1) is 14.1. The zero-order valence-electron chi connectivity index (χ0n) is 15.6. The normalized spacial score (nSPS) is 12.9. The molecule has 0 aliphatic heterocycles. The highest BCUT2D eigenvalue weighted by atomic mass is 16.3. The highest BCUT2D eigenvalue weighted by Gasteiger charge is 2.20. The topological polar surface area (TPSA) is 57.5 Å². The molecule has 0 bridgehead atoms. The third kappa shape index (κ3) is 2.79. The first-order valence-corrected chi connectivity index (χ1v) is 9.51. The Hall–Kier alpha value is -3.85. The Bertz CT molecular complexity index is 1320. The molecule has 0 spiro atoms. The lowest BCUT2D eigenvalue weighted by Crippen LogP contribution is -2.04. The number of para-hydroxylation sites is 2. The minimum Gasteiger partial charge on any atom is -0.507 e. The van der Waals surface area contributed by atoms with Crippen LogP contribution >= 0.6 is 0 Å². The van der Waals surface area contributed by atoms with Crippen molar-refractivity contribution in [3.63, 3.8) is 0 Å². The van der Waals surface area contributed by atoms with E-state index in [1.54, 1.807) is 24.3 Å². The summed E-state index contributed by atoms with van der Waals surface area (Å²) in [4.78, 5) is 12.3. The summed E-state index contributed by atoms with van der Waals surface area (Å²) >= 11 is 0. The van der Waals surface area contributed by atoms with Crippen molar-refractivity contribution in [2.75, 3.05) is 0 Å². The zero-order chi connectivity index (χ0) is 20.0. The maximum Gasteiger partial charge on any atom is 0.167 e. The lowest BCUT2D eigenvalue weighted by Gasteiger charge is -2.18. The second kappa shape index (κ2) is 6.64. The van der Waals surface area contributed by atoms with Crippen LogP contribution in [0.15, 0.2) is 78.9 Å². The van der Waals surface area contributed by atoms with Crippen molar-refractivity contribution in [2.45, 2.75) is 6.42 Å². The Morgan fingerprint density at radius 2 is 1.38 bits per heavy atom. The molecule has 3 nitrogen and oxygen atoms in total. The van der Waals surface area contributed by atoms with E-state index in [0.717, 1.165) is 33.0 Å². The van der Waals surface area contributed by atoms with Crippen molar-refractivity contribution in [1.82, 2.24) is 0 Å². The van der Waals surface area contributed by atoms with Gasteiger partial charge in [-0.2, -0.15) is 0 Å². The van der Waals surface area contributed by atoms with Crippen LogP contribution in [0.1, 0.15) is 22.3 Å². The van der Waals surface area contributed by atoms with Crippen LogP contribution in [0, 0.1) is 0 Å². The van der Waals surface area contributed by atoms with Crippen LogP contribution in [0.25, 0.3) is 39.1 Å². The molecule has 29 heavy (non-hydrogen) atoms. The number of phenolic OH excluding ortho intramolecular Hbond substituents is 2. The van der Waals surface area contributed by atoms with Gasteiger partial charge in [0.2, 0.25) is 0 Å². The Morgan fingerprint density at radius 3 is 2.10 bits per heavy atom. The van der Waals surface area contributed by atoms with Crippen LogP contribution in [-0.4, -0.2) is 16.0 Å². The Morgan fingerprint density at radius 1 is 0.690 bits per heavy atom. The average Bonchev–Trinajstić information content (AvgIpc) is 2.73. The standard InChI is InChI=1S/C26H18O3/c27-23-9-3-1-7-18(23)19-13-12-17-14-21-16(6-5-11-25(21)29)15-22(17)26(19)20-8-2-4-10-24(20)28/h1-10,12-15,27-28H,11H2. The number of hydrogen-bond acceptors (Lipinski definition) is 3. The molecule has 4 aromatic carbocycles. The number of carbonyl (C=O) groups excluding carboxylic acids is 1. The second-order valence-electron chi connectivity index (χ2n) is 7.21. The van der Waals surface area contributed by atoms with Gasteiger partial charge in [0.15, 0.2) is 5.78 Å². The molecule has 4 aromatic rings. The van der Waals surface area contributed by atoms with Gasteiger partial charge in [0.25, 0.3) is 0 Å². The maximum atomic E-state index is 12.3. The summed E-state index contributed by atoms with van der Waals surface area (Å²) in [6.45, 7) is 0. The van der Waals surface area contributed by atoms with Gasteiger partial charge in [0, 0.05) is 28.7 Å². The second-order valence-corrected chi connectivity index (χ2v) is 7.21. The number of hydrogen-bond donors (Lipinski definition) is 2. The van der Waals surface area contributed by atoms with Crippen LogP contribution in [0.5, 0.6) is 11.5 Å². The fraction of sp³-hybridized carbons (Fsp3) is 0.0385. The van der Waals surface area contributed by atoms with Crippen molar-refractivity contribution >= 4 is 22.6 Å². The predicted octanol–water partition coefficient (Wildman–Crippen LogP) is 6.18. The molecule has 0 fully saturated rings. The lowest BCUT2D eigenvalue weighted by atomic mass is 9.85. The Balaban J connectivity index is 1.92. The van der Waals surface area contributed by atoms with E-state index in [2.05, 4.69) is 0 Å². The first-order valence-electron chi connectivity index (χ1n) is 9.51. The van der Waals surface area contributed by atoms with E-state index in [1.807, 2.05) is 60.7 Å².